The molecule has 2 heterocycles. The summed E-state index contributed by atoms with van der Waals surface area (Å²) >= 11 is 0. The van der Waals surface area contributed by atoms with Gasteiger partial charge in [-0.1, -0.05) is 27.2 Å². The van der Waals surface area contributed by atoms with Gasteiger partial charge in [0.1, 0.15) is 0 Å². The van der Waals surface area contributed by atoms with Crippen molar-refractivity contribution >= 4 is 17.4 Å². The van der Waals surface area contributed by atoms with E-state index in [0.717, 1.165) is 17.6 Å². The number of likely N-dealkylation sites (tertiary alicyclic amines) is 1. The summed E-state index contributed by atoms with van der Waals surface area (Å²) < 4.78 is 24.9. The molecule has 3 N–H and O–H groups in total. The van der Waals surface area contributed by atoms with Gasteiger partial charge >= 0.3 is 0 Å². The van der Waals surface area contributed by atoms with Crippen LogP contribution in [0.2, 0.25) is 0 Å². The number of hydrogen-bond acceptors (Lipinski definition) is 5. The van der Waals surface area contributed by atoms with E-state index in [9.17, 15) is 23.7 Å². The molecule has 9 heteroatoms. The number of amides is 2. The number of β-amino-alcohol motifs (C(OH)–C–C–N with tert-alkyl or cyclic N) is 1. The van der Waals surface area contributed by atoms with Crippen molar-refractivity contribution in [2.24, 2.45) is 5.73 Å². The van der Waals surface area contributed by atoms with E-state index in [1.807, 2.05) is 6.08 Å². The maximum Gasteiger partial charge on any atom is 0.254 e. The summed E-state index contributed by atoms with van der Waals surface area (Å²) in [6, 6.07) is 6.57. The van der Waals surface area contributed by atoms with E-state index in [-0.39, 0.29) is 5.91 Å². The Hall–Kier alpha value is -3.20. The van der Waals surface area contributed by atoms with Gasteiger partial charge in [0.25, 0.3) is 11.8 Å². The summed E-state index contributed by atoms with van der Waals surface area (Å²) in [6.45, 7) is 4.40. The predicted molar refractivity (Wildman–Crippen MR) is 112 cm³/mol. The van der Waals surface area contributed by atoms with Crippen molar-refractivity contribution in [3.63, 3.8) is 0 Å². The van der Waals surface area contributed by atoms with E-state index in [4.69, 9.17) is 5.73 Å². The Morgan fingerprint density at radius 2 is 1.97 bits per heavy atom. The second-order valence-electron chi connectivity index (χ2n) is 8.09. The average Bonchev–Trinajstić information content (AvgIpc) is 2.72. The van der Waals surface area contributed by atoms with Gasteiger partial charge in [0.15, 0.2) is 5.82 Å². The molecule has 1 fully saturated rings. The van der Waals surface area contributed by atoms with Crippen LogP contribution < -0.4 is 5.73 Å². The van der Waals surface area contributed by atoms with Crippen LogP contribution in [0.4, 0.5) is 8.96 Å². The van der Waals surface area contributed by atoms with E-state index in [1.165, 1.54) is 11.1 Å². The molecule has 2 aliphatic heterocycles. The molecule has 2 amide bonds. The lowest BCUT2D eigenvalue weighted by Gasteiger charge is -2.36. The lowest BCUT2D eigenvalue weighted by Crippen LogP contribution is -2.48. The van der Waals surface area contributed by atoms with Crippen molar-refractivity contribution in [3.8, 4) is 0 Å². The molecule has 3 rings (SSSR count). The van der Waals surface area contributed by atoms with E-state index in [2.05, 4.69) is 0 Å². The summed E-state index contributed by atoms with van der Waals surface area (Å²) in [5.41, 5.74) is 6.36. The van der Waals surface area contributed by atoms with Crippen LogP contribution in [0.5, 0.6) is 0 Å². The molecule has 0 radical (unpaired) electrons. The quantitative estimate of drug-likeness (QED) is 0.564. The van der Waals surface area contributed by atoms with Gasteiger partial charge in [0.05, 0.1) is 11.6 Å². The maximum absolute atomic E-state index is 12.8. The van der Waals surface area contributed by atoms with Gasteiger partial charge < -0.3 is 20.6 Å². The predicted octanol–water partition coefficient (Wildman–Crippen LogP) is 2.67. The van der Waals surface area contributed by atoms with Crippen molar-refractivity contribution in [2.45, 2.75) is 38.3 Å². The molecule has 1 aromatic rings. The standard InChI is InChI=1S/C22H26F2N4O3/c1-15-18(5-3-12-27(15)20(29)13-19(25)28(23)24)16-6-8-17(9-7-16)21(30)26-11-4-10-22(2,31)14-26/h3,5-9,12-13,15,31H,4,10-11,14,25H2,1-2H3/b19-13+. The Morgan fingerprint density at radius 3 is 2.58 bits per heavy atom. The van der Waals surface area contributed by atoms with Gasteiger partial charge in [0, 0.05) is 30.9 Å². The number of piperidine rings is 1. The lowest BCUT2D eigenvalue weighted by atomic mass is 9.93. The SMILES string of the molecule is CC1C(c2ccc(C(=O)N3CCCC(C)(O)C3)cc2)=CC=CN1C(=O)/C=C(\N)N(F)F. The van der Waals surface area contributed by atoms with Gasteiger partial charge in [-0.3, -0.25) is 9.59 Å². The van der Waals surface area contributed by atoms with Crippen LogP contribution in [0.1, 0.15) is 42.6 Å². The molecule has 2 unspecified atom stereocenters. The second kappa shape index (κ2) is 8.89. The highest BCUT2D eigenvalue weighted by molar-refractivity contribution is 5.95. The molecule has 166 valence electrons. The van der Waals surface area contributed by atoms with E-state index in [1.54, 1.807) is 49.1 Å². The molecule has 1 saturated heterocycles. The third-order valence-corrected chi connectivity index (χ3v) is 5.54. The number of aliphatic hydroxyl groups is 1. The largest absolute Gasteiger partial charge is 0.388 e. The summed E-state index contributed by atoms with van der Waals surface area (Å²) in [7, 11) is 0. The van der Waals surface area contributed by atoms with Crippen LogP contribution in [-0.4, -0.2) is 56.8 Å². The van der Waals surface area contributed by atoms with Crippen LogP contribution >= 0.6 is 0 Å². The van der Waals surface area contributed by atoms with Gasteiger partial charge in [0.2, 0.25) is 0 Å². The van der Waals surface area contributed by atoms with Crippen molar-refractivity contribution < 1.29 is 23.7 Å². The highest BCUT2D eigenvalue weighted by Gasteiger charge is 2.31. The Balaban J connectivity index is 1.74. The number of hydrogen-bond donors (Lipinski definition) is 2. The summed E-state index contributed by atoms with van der Waals surface area (Å²) in [4.78, 5) is 28.1. The molecule has 7 nitrogen and oxygen atoms in total. The minimum atomic E-state index is -1.32. The zero-order chi connectivity index (χ0) is 22.8. The topological polar surface area (TPSA) is 90.1 Å². The first-order chi connectivity index (χ1) is 14.6. The molecule has 0 aliphatic carbocycles. The molecule has 2 aliphatic rings. The fourth-order valence-corrected chi connectivity index (χ4v) is 3.89. The first-order valence-electron chi connectivity index (χ1n) is 10.0. The summed E-state index contributed by atoms with van der Waals surface area (Å²) in [6.07, 6.45) is 7.06. The Morgan fingerprint density at radius 1 is 1.29 bits per heavy atom. The molecule has 31 heavy (non-hydrogen) atoms. The van der Waals surface area contributed by atoms with Crippen LogP contribution in [0.15, 0.2) is 54.5 Å². The molecule has 0 aromatic heterocycles. The first kappa shape index (κ1) is 22.5. The third kappa shape index (κ3) is 5.11. The number of allylic oxidation sites excluding steroid dienone is 2. The number of nitrogens with zero attached hydrogens (tertiary/aromatic N) is 3. The molecule has 0 bridgehead atoms. The molecular formula is C22H26F2N4O3. The number of nitrogens with two attached hydrogens (primary N) is 1. The Labute approximate surface area is 179 Å². The van der Waals surface area contributed by atoms with Gasteiger partial charge in [-0.25, -0.2) is 0 Å². The van der Waals surface area contributed by atoms with Crippen molar-refractivity contribution in [2.75, 3.05) is 13.1 Å². The number of benzene rings is 1. The van der Waals surface area contributed by atoms with Gasteiger partial charge in [-0.05, 0) is 61.4 Å². The summed E-state index contributed by atoms with van der Waals surface area (Å²) in [5, 5.41) is 8.93. The molecule has 0 spiro atoms. The molecular weight excluding hydrogens is 406 g/mol. The zero-order valence-corrected chi connectivity index (χ0v) is 17.5. The Bertz CT molecular complexity index is 939. The lowest BCUT2D eigenvalue weighted by molar-refractivity contribution is -0.129. The van der Waals surface area contributed by atoms with Crippen molar-refractivity contribution in [1.82, 2.24) is 15.1 Å². The number of halogens is 2. The number of carbonyl (C=O) groups is 2. The minimum absolute atomic E-state index is 0.142. The smallest absolute Gasteiger partial charge is 0.254 e. The van der Waals surface area contributed by atoms with Crippen LogP contribution in [-0.2, 0) is 4.79 Å². The summed E-state index contributed by atoms with van der Waals surface area (Å²) in [5.74, 6) is -1.76. The normalized spacial score (nSPS) is 24.1. The van der Waals surface area contributed by atoms with Crippen LogP contribution in [0, 0.1) is 0 Å². The highest BCUT2D eigenvalue weighted by Crippen LogP contribution is 2.28. The fraction of sp³-hybridized carbons (Fsp3) is 0.364. The van der Waals surface area contributed by atoms with E-state index >= 15 is 0 Å². The number of rotatable bonds is 4. The third-order valence-electron chi connectivity index (χ3n) is 5.54. The molecule has 0 saturated carbocycles. The second-order valence-corrected chi connectivity index (χ2v) is 8.09. The minimum Gasteiger partial charge on any atom is -0.388 e. The zero-order valence-electron chi connectivity index (χ0n) is 17.5. The number of carbonyl (C=O) groups excluding carboxylic acids is 2. The van der Waals surface area contributed by atoms with E-state index < -0.39 is 28.7 Å². The van der Waals surface area contributed by atoms with Gasteiger partial charge in [-0.15, -0.1) is 0 Å². The maximum atomic E-state index is 12.8. The Kier molecular flexibility index (Phi) is 6.45. The fourth-order valence-electron chi connectivity index (χ4n) is 3.89. The van der Waals surface area contributed by atoms with Crippen molar-refractivity contribution in [3.05, 3.63) is 65.6 Å². The average molecular weight is 432 g/mol. The van der Waals surface area contributed by atoms with Crippen molar-refractivity contribution in [1.29, 1.82) is 0 Å². The molecule has 1 aromatic carbocycles. The van der Waals surface area contributed by atoms with Crippen LogP contribution in [0.25, 0.3) is 5.57 Å². The highest BCUT2D eigenvalue weighted by atomic mass is 19.4. The monoisotopic (exact) mass is 432 g/mol. The van der Waals surface area contributed by atoms with Gasteiger partial charge in [-0.2, -0.15) is 0 Å². The first-order valence-corrected chi connectivity index (χ1v) is 10.0. The van der Waals surface area contributed by atoms with E-state index in [0.29, 0.717) is 31.1 Å². The van der Waals surface area contributed by atoms with Crippen LogP contribution in [0.3, 0.4) is 0 Å². The molecule has 2 atom stereocenters.